The molecule has 0 aromatic rings. The molecule has 0 radical (unpaired) electrons. The fourth-order valence-electron chi connectivity index (χ4n) is 1.85. The minimum Gasteiger partial charge on any atom is -0.385 e. The molecule has 15 heavy (non-hydrogen) atoms. The van der Waals surface area contributed by atoms with Crippen LogP contribution in [0.1, 0.15) is 25.7 Å². The molecule has 2 unspecified atom stereocenters. The Labute approximate surface area is 90.1 Å². The third-order valence-corrected chi connectivity index (χ3v) is 2.84. The van der Waals surface area contributed by atoms with Gasteiger partial charge in [-0.05, 0) is 19.3 Å². The molecule has 1 fully saturated rings. The van der Waals surface area contributed by atoms with Crippen molar-refractivity contribution in [3.05, 3.63) is 0 Å². The number of carbonyl (C=O) groups is 1. The van der Waals surface area contributed by atoms with Crippen LogP contribution in [0.3, 0.4) is 0 Å². The Balaban J connectivity index is 2.22. The summed E-state index contributed by atoms with van der Waals surface area (Å²) < 4.78 is 10.5. The Morgan fingerprint density at radius 1 is 1.53 bits per heavy atom. The standard InChI is InChI=1S/C10H20N2O3/c1-14-5-2-6-15-8-3-4-10(12,7-8)9(11)13/h8H,2-7,12H2,1H3,(H2,11,13). The van der Waals surface area contributed by atoms with Gasteiger partial charge < -0.3 is 20.9 Å². The molecule has 1 rings (SSSR count). The molecule has 1 saturated carbocycles. The molecule has 1 amide bonds. The van der Waals surface area contributed by atoms with Crippen molar-refractivity contribution in [1.29, 1.82) is 0 Å². The Hall–Kier alpha value is -0.650. The van der Waals surface area contributed by atoms with Gasteiger partial charge in [0.1, 0.15) is 0 Å². The highest BCUT2D eigenvalue weighted by Gasteiger charge is 2.40. The number of rotatable bonds is 6. The summed E-state index contributed by atoms with van der Waals surface area (Å²) in [6.07, 6.45) is 2.90. The van der Waals surface area contributed by atoms with Gasteiger partial charge in [0.15, 0.2) is 0 Å². The SMILES string of the molecule is COCCCOC1CCC(N)(C(N)=O)C1. The van der Waals surface area contributed by atoms with Gasteiger partial charge in [-0.3, -0.25) is 4.79 Å². The van der Waals surface area contributed by atoms with Crippen molar-refractivity contribution >= 4 is 5.91 Å². The van der Waals surface area contributed by atoms with E-state index in [0.29, 0.717) is 26.1 Å². The molecule has 0 heterocycles. The maximum absolute atomic E-state index is 11.1. The monoisotopic (exact) mass is 216 g/mol. The molecule has 0 saturated heterocycles. The zero-order chi connectivity index (χ0) is 11.3. The van der Waals surface area contributed by atoms with Crippen molar-refractivity contribution in [3.63, 3.8) is 0 Å². The molecule has 5 nitrogen and oxygen atoms in total. The topological polar surface area (TPSA) is 87.6 Å². The van der Waals surface area contributed by atoms with Gasteiger partial charge in [0, 0.05) is 26.7 Å². The van der Waals surface area contributed by atoms with E-state index in [1.165, 1.54) is 0 Å². The summed E-state index contributed by atoms with van der Waals surface area (Å²) in [5.41, 5.74) is 10.2. The van der Waals surface area contributed by atoms with E-state index in [1.807, 2.05) is 0 Å². The summed E-state index contributed by atoms with van der Waals surface area (Å²) in [7, 11) is 1.66. The summed E-state index contributed by atoms with van der Waals surface area (Å²) >= 11 is 0. The highest BCUT2D eigenvalue weighted by atomic mass is 16.5. The van der Waals surface area contributed by atoms with Crippen LogP contribution < -0.4 is 11.5 Å². The predicted molar refractivity (Wildman–Crippen MR) is 56.2 cm³/mol. The molecule has 0 aromatic carbocycles. The average Bonchev–Trinajstić information content (AvgIpc) is 2.57. The van der Waals surface area contributed by atoms with Crippen LogP contribution in [-0.4, -0.2) is 37.9 Å². The number of hydrogen-bond donors (Lipinski definition) is 2. The van der Waals surface area contributed by atoms with Gasteiger partial charge in [-0.2, -0.15) is 0 Å². The second-order valence-electron chi connectivity index (χ2n) is 4.10. The van der Waals surface area contributed by atoms with Crippen LogP contribution in [0.5, 0.6) is 0 Å². The lowest BCUT2D eigenvalue weighted by molar-refractivity contribution is -0.123. The van der Waals surface area contributed by atoms with E-state index in [1.54, 1.807) is 7.11 Å². The van der Waals surface area contributed by atoms with Crippen molar-refractivity contribution in [2.75, 3.05) is 20.3 Å². The third-order valence-electron chi connectivity index (χ3n) is 2.84. The van der Waals surface area contributed by atoms with Crippen LogP contribution in [0.15, 0.2) is 0 Å². The minimum atomic E-state index is -0.855. The fraction of sp³-hybridized carbons (Fsp3) is 0.900. The summed E-state index contributed by atoms with van der Waals surface area (Å²) in [5, 5.41) is 0. The molecule has 4 N–H and O–H groups in total. The Morgan fingerprint density at radius 2 is 2.27 bits per heavy atom. The van der Waals surface area contributed by atoms with Crippen molar-refractivity contribution in [2.45, 2.75) is 37.3 Å². The molecule has 0 spiro atoms. The lowest BCUT2D eigenvalue weighted by Gasteiger charge is -2.19. The number of nitrogens with two attached hydrogens (primary N) is 2. The normalized spacial score (nSPS) is 30.7. The van der Waals surface area contributed by atoms with Gasteiger partial charge in [0.25, 0.3) is 0 Å². The predicted octanol–water partition coefficient (Wildman–Crippen LogP) is -0.225. The number of amides is 1. The third kappa shape index (κ3) is 3.44. The maximum atomic E-state index is 11.1. The van der Waals surface area contributed by atoms with Crippen molar-refractivity contribution in [3.8, 4) is 0 Å². The van der Waals surface area contributed by atoms with Crippen LogP contribution in [0, 0.1) is 0 Å². The quantitative estimate of drug-likeness (QED) is 0.601. The van der Waals surface area contributed by atoms with E-state index in [2.05, 4.69) is 0 Å². The summed E-state index contributed by atoms with van der Waals surface area (Å²) in [6, 6.07) is 0. The van der Waals surface area contributed by atoms with Crippen LogP contribution in [-0.2, 0) is 14.3 Å². The molecule has 0 aliphatic heterocycles. The van der Waals surface area contributed by atoms with Gasteiger partial charge in [-0.1, -0.05) is 0 Å². The van der Waals surface area contributed by atoms with E-state index >= 15 is 0 Å². The molecule has 1 aliphatic rings. The van der Waals surface area contributed by atoms with Crippen LogP contribution in [0.2, 0.25) is 0 Å². The van der Waals surface area contributed by atoms with E-state index in [4.69, 9.17) is 20.9 Å². The van der Waals surface area contributed by atoms with Gasteiger partial charge in [0.05, 0.1) is 11.6 Å². The van der Waals surface area contributed by atoms with Crippen molar-refractivity contribution < 1.29 is 14.3 Å². The number of hydrogen-bond acceptors (Lipinski definition) is 4. The zero-order valence-electron chi connectivity index (χ0n) is 9.20. The van der Waals surface area contributed by atoms with Crippen LogP contribution in [0.4, 0.5) is 0 Å². The van der Waals surface area contributed by atoms with Gasteiger partial charge in [-0.25, -0.2) is 0 Å². The molecular formula is C10H20N2O3. The first-order valence-corrected chi connectivity index (χ1v) is 5.28. The fourth-order valence-corrected chi connectivity index (χ4v) is 1.85. The van der Waals surface area contributed by atoms with Gasteiger partial charge >= 0.3 is 0 Å². The van der Waals surface area contributed by atoms with Crippen molar-refractivity contribution in [1.82, 2.24) is 0 Å². The number of ether oxygens (including phenoxy) is 2. The lowest BCUT2D eigenvalue weighted by atomic mass is 9.99. The molecule has 2 atom stereocenters. The highest BCUT2D eigenvalue weighted by molar-refractivity contribution is 5.84. The highest BCUT2D eigenvalue weighted by Crippen LogP contribution is 2.29. The molecule has 88 valence electrons. The Kier molecular flexibility index (Phi) is 4.50. The Bertz CT molecular complexity index is 223. The summed E-state index contributed by atoms with van der Waals surface area (Å²) in [6.45, 7) is 1.34. The van der Waals surface area contributed by atoms with E-state index in [9.17, 15) is 4.79 Å². The molecule has 1 aliphatic carbocycles. The first-order chi connectivity index (χ1) is 7.08. The average molecular weight is 216 g/mol. The second-order valence-corrected chi connectivity index (χ2v) is 4.10. The largest absolute Gasteiger partial charge is 0.385 e. The van der Waals surface area contributed by atoms with Gasteiger partial charge in [0.2, 0.25) is 5.91 Å². The summed E-state index contributed by atoms with van der Waals surface area (Å²) in [5.74, 6) is -0.425. The molecular weight excluding hydrogens is 196 g/mol. The molecule has 0 aromatic heterocycles. The van der Waals surface area contributed by atoms with E-state index in [0.717, 1.165) is 12.8 Å². The van der Waals surface area contributed by atoms with Crippen LogP contribution in [0.25, 0.3) is 0 Å². The van der Waals surface area contributed by atoms with Gasteiger partial charge in [-0.15, -0.1) is 0 Å². The number of primary amides is 1. The number of carbonyl (C=O) groups excluding carboxylic acids is 1. The van der Waals surface area contributed by atoms with E-state index in [-0.39, 0.29) is 6.10 Å². The van der Waals surface area contributed by atoms with E-state index < -0.39 is 11.4 Å². The van der Waals surface area contributed by atoms with Crippen molar-refractivity contribution in [2.24, 2.45) is 11.5 Å². The Morgan fingerprint density at radius 3 is 2.80 bits per heavy atom. The second kappa shape index (κ2) is 5.44. The number of methoxy groups -OCH3 is 1. The first-order valence-electron chi connectivity index (χ1n) is 5.28. The molecule has 5 heteroatoms. The minimum absolute atomic E-state index is 0.0688. The smallest absolute Gasteiger partial charge is 0.237 e. The maximum Gasteiger partial charge on any atom is 0.237 e. The lowest BCUT2D eigenvalue weighted by Crippen LogP contribution is -2.50. The first kappa shape index (κ1) is 12.4. The van der Waals surface area contributed by atoms with Crippen LogP contribution >= 0.6 is 0 Å². The molecule has 0 bridgehead atoms. The zero-order valence-corrected chi connectivity index (χ0v) is 9.20. The summed E-state index contributed by atoms with van der Waals surface area (Å²) in [4.78, 5) is 11.1.